The maximum atomic E-state index is 11.3. The average molecular weight is 517 g/mol. The normalized spacial score (nSPS) is 14.1. The van der Waals surface area contributed by atoms with E-state index in [2.05, 4.69) is 107 Å². The SMILES string of the molecule is CC(C)(C)c1cc(C(c2cc(C(C)(C)C)c(O)c(C(C)(C)C)c2)C(C)(S)S)cc(C(C)(C)C)c1O. The molecule has 196 valence electrons. The fourth-order valence-corrected chi connectivity index (χ4v) is 5.35. The predicted molar refractivity (Wildman–Crippen MR) is 159 cm³/mol. The van der Waals surface area contributed by atoms with Gasteiger partial charge in [-0.1, -0.05) is 107 Å². The van der Waals surface area contributed by atoms with E-state index < -0.39 is 4.08 Å². The van der Waals surface area contributed by atoms with Crippen LogP contribution in [0.5, 0.6) is 11.5 Å². The van der Waals surface area contributed by atoms with Crippen LogP contribution < -0.4 is 0 Å². The maximum Gasteiger partial charge on any atom is 0.123 e. The summed E-state index contributed by atoms with van der Waals surface area (Å²) in [5.41, 5.74) is 4.84. The average Bonchev–Trinajstić information content (AvgIpc) is 2.59. The molecule has 0 amide bonds. The lowest BCUT2D eigenvalue weighted by molar-refractivity contribution is 0.422. The van der Waals surface area contributed by atoms with Gasteiger partial charge in [0, 0.05) is 5.92 Å². The Morgan fingerprint density at radius 2 is 0.686 bits per heavy atom. The van der Waals surface area contributed by atoms with Gasteiger partial charge in [0.2, 0.25) is 0 Å². The molecule has 0 unspecified atom stereocenters. The van der Waals surface area contributed by atoms with E-state index in [9.17, 15) is 10.2 Å². The third-order valence-electron chi connectivity index (χ3n) is 6.71. The zero-order valence-electron chi connectivity index (χ0n) is 24.2. The van der Waals surface area contributed by atoms with E-state index in [1.807, 2.05) is 6.92 Å². The molecule has 0 bridgehead atoms. The Morgan fingerprint density at radius 3 is 0.829 bits per heavy atom. The molecule has 0 spiro atoms. The monoisotopic (exact) mass is 516 g/mol. The van der Waals surface area contributed by atoms with Crippen LogP contribution in [0, 0.1) is 0 Å². The van der Waals surface area contributed by atoms with E-state index in [-0.39, 0.29) is 27.6 Å². The van der Waals surface area contributed by atoms with Gasteiger partial charge < -0.3 is 10.2 Å². The fraction of sp³-hybridized carbons (Fsp3) is 0.613. The van der Waals surface area contributed by atoms with Gasteiger partial charge in [-0.05, 0) is 62.0 Å². The van der Waals surface area contributed by atoms with E-state index >= 15 is 0 Å². The molecule has 0 aliphatic carbocycles. The number of thiol groups is 2. The first-order valence-electron chi connectivity index (χ1n) is 12.6. The van der Waals surface area contributed by atoms with Gasteiger partial charge in [-0.3, -0.25) is 0 Å². The second-order valence-electron chi connectivity index (χ2n) is 14.5. The molecule has 0 saturated heterocycles. The lowest BCUT2D eigenvalue weighted by atomic mass is 9.73. The van der Waals surface area contributed by atoms with Crippen molar-refractivity contribution in [2.24, 2.45) is 0 Å². The largest absolute Gasteiger partial charge is 0.507 e. The maximum absolute atomic E-state index is 11.3. The van der Waals surface area contributed by atoms with Crippen molar-refractivity contribution in [2.75, 3.05) is 0 Å². The Morgan fingerprint density at radius 1 is 0.486 bits per heavy atom. The molecular formula is C31H48O2S2. The molecule has 2 nitrogen and oxygen atoms in total. The van der Waals surface area contributed by atoms with Crippen LogP contribution in [0.15, 0.2) is 24.3 Å². The number of benzene rings is 2. The van der Waals surface area contributed by atoms with Gasteiger partial charge in [-0.25, -0.2) is 0 Å². The highest BCUT2D eigenvalue weighted by molar-refractivity contribution is 8.00. The van der Waals surface area contributed by atoms with Crippen LogP contribution in [0.2, 0.25) is 0 Å². The van der Waals surface area contributed by atoms with Gasteiger partial charge >= 0.3 is 0 Å². The molecule has 0 fully saturated rings. The van der Waals surface area contributed by atoms with Crippen LogP contribution in [-0.4, -0.2) is 14.3 Å². The Balaban J connectivity index is 3.05. The van der Waals surface area contributed by atoms with Crippen molar-refractivity contribution in [3.63, 3.8) is 0 Å². The van der Waals surface area contributed by atoms with E-state index in [1.165, 1.54) is 0 Å². The lowest BCUT2D eigenvalue weighted by Crippen LogP contribution is -2.26. The van der Waals surface area contributed by atoms with Crippen molar-refractivity contribution in [1.82, 2.24) is 0 Å². The predicted octanol–water partition coefficient (Wildman–Crippen LogP) is 9.00. The molecule has 0 radical (unpaired) electrons. The van der Waals surface area contributed by atoms with Crippen molar-refractivity contribution in [3.8, 4) is 11.5 Å². The summed E-state index contributed by atoms with van der Waals surface area (Å²) in [6, 6.07) is 8.50. The number of hydrogen-bond acceptors (Lipinski definition) is 4. The minimum atomic E-state index is -0.692. The van der Waals surface area contributed by atoms with E-state index in [4.69, 9.17) is 25.3 Å². The van der Waals surface area contributed by atoms with Gasteiger partial charge in [0.15, 0.2) is 0 Å². The van der Waals surface area contributed by atoms with Crippen molar-refractivity contribution in [2.45, 2.75) is 122 Å². The second-order valence-corrected chi connectivity index (χ2v) is 16.7. The Hall–Kier alpha value is -1.26. The van der Waals surface area contributed by atoms with Crippen LogP contribution in [0.25, 0.3) is 0 Å². The first-order valence-corrected chi connectivity index (χ1v) is 13.5. The topological polar surface area (TPSA) is 40.5 Å². The second kappa shape index (κ2) is 9.24. The third kappa shape index (κ3) is 6.55. The summed E-state index contributed by atoms with van der Waals surface area (Å²) in [5, 5.41) is 22.6. The van der Waals surface area contributed by atoms with Crippen LogP contribution in [0.1, 0.15) is 129 Å². The smallest absolute Gasteiger partial charge is 0.123 e. The van der Waals surface area contributed by atoms with Crippen LogP contribution in [0.3, 0.4) is 0 Å². The molecule has 0 aliphatic heterocycles. The molecule has 2 N–H and O–H groups in total. The third-order valence-corrected chi connectivity index (χ3v) is 7.23. The number of phenolic OH excluding ortho intramolecular Hbond substituents is 2. The molecule has 0 aromatic heterocycles. The van der Waals surface area contributed by atoms with E-state index in [1.54, 1.807) is 0 Å². The fourth-order valence-electron chi connectivity index (χ4n) is 4.76. The minimum absolute atomic E-state index is 0.181. The zero-order valence-corrected chi connectivity index (χ0v) is 26.0. The van der Waals surface area contributed by atoms with Crippen molar-refractivity contribution in [1.29, 1.82) is 0 Å². The summed E-state index contributed by atoms with van der Waals surface area (Å²) >= 11 is 9.98. The summed E-state index contributed by atoms with van der Waals surface area (Å²) < 4.78 is -0.692. The first-order chi connectivity index (χ1) is 15.4. The number of aromatic hydroxyl groups is 2. The summed E-state index contributed by atoms with van der Waals surface area (Å²) in [5.74, 6) is 0.549. The van der Waals surface area contributed by atoms with Gasteiger partial charge in [0.25, 0.3) is 0 Å². The van der Waals surface area contributed by atoms with E-state index in [0.29, 0.717) is 11.5 Å². The molecule has 2 aromatic carbocycles. The number of phenols is 2. The van der Waals surface area contributed by atoms with Gasteiger partial charge in [0.05, 0.1) is 4.08 Å². The van der Waals surface area contributed by atoms with Crippen LogP contribution >= 0.6 is 25.3 Å². The summed E-state index contributed by atoms with van der Waals surface area (Å²) in [6.45, 7) is 27.6. The van der Waals surface area contributed by atoms with E-state index in [0.717, 1.165) is 33.4 Å². The molecule has 0 aliphatic rings. The summed E-state index contributed by atoms with van der Waals surface area (Å²) in [7, 11) is 0. The van der Waals surface area contributed by atoms with Crippen molar-refractivity contribution < 1.29 is 10.2 Å². The molecule has 4 heteroatoms. The van der Waals surface area contributed by atoms with Crippen molar-refractivity contribution >= 4 is 25.3 Å². The Bertz CT molecular complexity index is 928. The number of hydrogen-bond donors (Lipinski definition) is 4. The molecule has 2 rings (SSSR count). The number of rotatable bonds is 3. The van der Waals surface area contributed by atoms with Gasteiger partial charge in [0.1, 0.15) is 11.5 Å². The molecule has 2 aromatic rings. The standard InChI is InChI=1S/C31H48O2S2/c1-27(2,3)20-14-18(15-21(25(20)32)28(4,5)6)24(31(13,34)35)19-16-22(29(7,8)9)26(33)23(17-19)30(10,11)12/h14-17,24,32-35H,1-13H3. The molecular weight excluding hydrogens is 468 g/mol. The lowest BCUT2D eigenvalue weighted by Gasteiger charge is -2.36. The van der Waals surface area contributed by atoms with Crippen LogP contribution in [-0.2, 0) is 21.7 Å². The minimum Gasteiger partial charge on any atom is -0.507 e. The Kier molecular flexibility index (Phi) is 7.91. The summed E-state index contributed by atoms with van der Waals surface area (Å²) in [4.78, 5) is 0. The Labute approximate surface area is 225 Å². The highest BCUT2D eigenvalue weighted by atomic mass is 32.2. The molecule has 35 heavy (non-hydrogen) atoms. The molecule has 0 atom stereocenters. The first kappa shape index (κ1) is 30.0. The van der Waals surface area contributed by atoms with Crippen LogP contribution in [0.4, 0.5) is 0 Å². The van der Waals surface area contributed by atoms with Crippen molar-refractivity contribution in [3.05, 3.63) is 57.6 Å². The zero-order chi connectivity index (χ0) is 27.5. The highest BCUT2D eigenvalue weighted by Gasteiger charge is 2.36. The highest BCUT2D eigenvalue weighted by Crippen LogP contribution is 2.49. The van der Waals surface area contributed by atoms with Gasteiger partial charge in [-0.15, -0.1) is 0 Å². The quantitative estimate of drug-likeness (QED) is 0.243. The summed E-state index contributed by atoms with van der Waals surface area (Å²) in [6.07, 6.45) is 0. The molecule has 0 heterocycles. The van der Waals surface area contributed by atoms with Gasteiger partial charge in [-0.2, -0.15) is 25.3 Å². The molecule has 0 saturated carbocycles.